The van der Waals surface area contributed by atoms with Gasteiger partial charge < -0.3 is 14.8 Å². The molecule has 0 aromatic heterocycles. The lowest BCUT2D eigenvalue weighted by molar-refractivity contribution is 0.405. The molecular weight excluding hydrogens is 312 g/mol. The lowest BCUT2D eigenvalue weighted by Gasteiger charge is -2.12. The summed E-state index contributed by atoms with van der Waals surface area (Å²) < 4.78 is 33.6. The molecule has 1 fully saturated rings. The number of ether oxygens (including phenoxy) is 2. The molecule has 2 aliphatic rings. The minimum atomic E-state index is -2.93. The molecule has 2 atom stereocenters. The van der Waals surface area contributed by atoms with Gasteiger partial charge in [0.15, 0.2) is 15.0 Å². The Morgan fingerprint density at radius 3 is 2.76 bits per heavy atom. The van der Waals surface area contributed by atoms with Crippen LogP contribution < -0.4 is 14.8 Å². The highest BCUT2D eigenvalue weighted by molar-refractivity contribution is 8.15. The number of hydrogen-bond donors (Lipinski definition) is 1. The number of benzene rings is 1. The smallest absolute Gasteiger partial charge is 0.161 e. The van der Waals surface area contributed by atoms with E-state index in [1.54, 1.807) is 14.2 Å². The molecular formula is C13H16N2O4S2. The number of anilines is 1. The molecule has 2 aliphatic heterocycles. The summed E-state index contributed by atoms with van der Waals surface area (Å²) in [6.07, 6.45) is 0. The van der Waals surface area contributed by atoms with Gasteiger partial charge in [-0.2, -0.15) is 0 Å². The topological polar surface area (TPSA) is 77.0 Å². The summed E-state index contributed by atoms with van der Waals surface area (Å²) in [5.74, 6) is 1.74. The van der Waals surface area contributed by atoms with Crippen molar-refractivity contribution in [2.24, 2.45) is 4.99 Å². The van der Waals surface area contributed by atoms with Crippen LogP contribution in [-0.4, -0.2) is 50.6 Å². The van der Waals surface area contributed by atoms with Crippen LogP contribution in [0, 0.1) is 0 Å². The van der Waals surface area contributed by atoms with Gasteiger partial charge in [0.2, 0.25) is 0 Å². The maximum atomic E-state index is 11.6. The standard InChI is InChI=1S/C13H16N2O4S2/c1-18-8-3-4-11(19-2)9(5-8)14-13-15-10-6-21(16,17)7-12(10)20-13/h3-5,10,12H,6-7H2,1-2H3,(H,14,15). The van der Waals surface area contributed by atoms with E-state index in [-0.39, 0.29) is 22.8 Å². The molecule has 6 nitrogen and oxygen atoms in total. The first-order chi connectivity index (χ1) is 10.0. The van der Waals surface area contributed by atoms with E-state index in [0.29, 0.717) is 11.5 Å². The first-order valence-electron chi connectivity index (χ1n) is 6.44. The average Bonchev–Trinajstić information content (AvgIpc) is 2.91. The lowest BCUT2D eigenvalue weighted by atomic mass is 10.2. The third-order valence-electron chi connectivity index (χ3n) is 3.47. The highest BCUT2D eigenvalue weighted by Gasteiger charge is 2.42. The van der Waals surface area contributed by atoms with Crippen molar-refractivity contribution in [1.29, 1.82) is 0 Å². The second-order valence-corrected chi connectivity index (χ2v) is 8.31. The number of sulfone groups is 1. The Morgan fingerprint density at radius 1 is 1.29 bits per heavy atom. The molecule has 114 valence electrons. The van der Waals surface area contributed by atoms with Crippen LogP contribution >= 0.6 is 11.8 Å². The molecule has 2 unspecified atom stereocenters. The van der Waals surface area contributed by atoms with E-state index < -0.39 is 9.84 Å². The molecule has 1 saturated heterocycles. The summed E-state index contributed by atoms with van der Waals surface area (Å²) in [6.45, 7) is 0. The van der Waals surface area contributed by atoms with E-state index in [2.05, 4.69) is 10.3 Å². The largest absolute Gasteiger partial charge is 0.497 e. The predicted octanol–water partition coefficient (Wildman–Crippen LogP) is 1.38. The van der Waals surface area contributed by atoms with E-state index in [1.807, 2.05) is 18.2 Å². The fourth-order valence-electron chi connectivity index (χ4n) is 2.44. The lowest BCUT2D eigenvalue weighted by Crippen LogP contribution is -2.13. The summed E-state index contributed by atoms with van der Waals surface area (Å²) in [7, 11) is 0.269. The monoisotopic (exact) mass is 328 g/mol. The molecule has 0 spiro atoms. The third kappa shape index (κ3) is 2.96. The summed E-state index contributed by atoms with van der Waals surface area (Å²) in [4.78, 5) is 4.46. The number of nitrogens with zero attached hydrogens (tertiary/aromatic N) is 1. The average molecular weight is 328 g/mol. The number of nitrogens with one attached hydrogen (secondary N) is 1. The minimum absolute atomic E-state index is 0.0223. The number of rotatable bonds is 3. The second-order valence-electron chi connectivity index (χ2n) is 4.93. The molecule has 3 rings (SSSR count). The maximum Gasteiger partial charge on any atom is 0.161 e. The molecule has 0 saturated carbocycles. The summed E-state index contributed by atoms with van der Waals surface area (Å²) in [5.41, 5.74) is 0.755. The van der Waals surface area contributed by atoms with Gasteiger partial charge in [-0.25, -0.2) is 8.42 Å². The third-order valence-corrected chi connectivity index (χ3v) is 6.61. The number of methoxy groups -OCH3 is 2. The van der Waals surface area contributed by atoms with E-state index in [4.69, 9.17) is 9.47 Å². The zero-order chi connectivity index (χ0) is 15.0. The van der Waals surface area contributed by atoms with Crippen LogP contribution in [0.1, 0.15) is 0 Å². The molecule has 0 amide bonds. The highest BCUT2D eigenvalue weighted by Crippen LogP contribution is 2.36. The molecule has 2 heterocycles. The minimum Gasteiger partial charge on any atom is -0.497 e. The summed E-state index contributed by atoms with van der Waals surface area (Å²) in [6, 6.07) is 5.31. The van der Waals surface area contributed by atoms with Crippen molar-refractivity contribution >= 4 is 32.5 Å². The Hall–Kier alpha value is -1.41. The Kier molecular flexibility index (Phi) is 3.75. The first-order valence-corrected chi connectivity index (χ1v) is 9.15. The molecule has 0 bridgehead atoms. The van der Waals surface area contributed by atoms with Gasteiger partial charge in [0.05, 0.1) is 37.5 Å². The molecule has 21 heavy (non-hydrogen) atoms. The Bertz CT molecular complexity index is 687. The van der Waals surface area contributed by atoms with Crippen molar-refractivity contribution in [2.75, 3.05) is 31.0 Å². The molecule has 1 aromatic carbocycles. The number of thioether (sulfide) groups is 1. The van der Waals surface area contributed by atoms with E-state index in [1.165, 1.54) is 11.8 Å². The van der Waals surface area contributed by atoms with Crippen molar-refractivity contribution in [1.82, 2.24) is 0 Å². The van der Waals surface area contributed by atoms with Crippen LogP contribution in [0.3, 0.4) is 0 Å². The maximum absolute atomic E-state index is 11.6. The van der Waals surface area contributed by atoms with Crippen molar-refractivity contribution in [2.45, 2.75) is 11.3 Å². The van der Waals surface area contributed by atoms with Gasteiger partial charge in [-0.15, -0.1) is 0 Å². The van der Waals surface area contributed by atoms with Gasteiger partial charge in [0.1, 0.15) is 11.5 Å². The van der Waals surface area contributed by atoms with Crippen molar-refractivity contribution in [3.63, 3.8) is 0 Å². The molecule has 0 radical (unpaired) electrons. The van der Waals surface area contributed by atoms with Crippen LogP contribution in [0.5, 0.6) is 11.5 Å². The van der Waals surface area contributed by atoms with E-state index in [9.17, 15) is 8.42 Å². The van der Waals surface area contributed by atoms with Gasteiger partial charge in [0.25, 0.3) is 0 Å². The van der Waals surface area contributed by atoms with Crippen LogP contribution in [0.2, 0.25) is 0 Å². The predicted molar refractivity (Wildman–Crippen MR) is 84.4 cm³/mol. The number of amidine groups is 1. The molecule has 1 N–H and O–H groups in total. The number of aliphatic imine (C=N–C) groups is 1. The van der Waals surface area contributed by atoms with Gasteiger partial charge >= 0.3 is 0 Å². The molecule has 1 aromatic rings. The normalized spacial score (nSPS) is 26.1. The zero-order valence-electron chi connectivity index (χ0n) is 11.7. The second kappa shape index (κ2) is 5.42. The van der Waals surface area contributed by atoms with Crippen LogP contribution in [-0.2, 0) is 9.84 Å². The van der Waals surface area contributed by atoms with Crippen LogP contribution in [0.15, 0.2) is 23.2 Å². The Balaban J connectivity index is 1.79. The summed E-state index contributed by atoms with van der Waals surface area (Å²) >= 11 is 1.47. The zero-order valence-corrected chi connectivity index (χ0v) is 13.3. The van der Waals surface area contributed by atoms with E-state index >= 15 is 0 Å². The summed E-state index contributed by atoms with van der Waals surface area (Å²) in [5, 5.41) is 3.95. The fourth-order valence-corrected chi connectivity index (χ4v) is 6.11. The van der Waals surface area contributed by atoms with Gasteiger partial charge in [0, 0.05) is 11.3 Å². The van der Waals surface area contributed by atoms with Crippen molar-refractivity contribution < 1.29 is 17.9 Å². The van der Waals surface area contributed by atoms with Crippen molar-refractivity contribution in [3.05, 3.63) is 18.2 Å². The molecule has 8 heteroatoms. The number of hydrogen-bond acceptors (Lipinski definition) is 7. The highest BCUT2D eigenvalue weighted by atomic mass is 32.2. The molecule has 0 aliphatic carbocycles. The Morgan fingerprint density at radius 2 is 2.10 bits per heavy atom. The SMILES string of the molecule is COc1ccc(OC)c(NC2=NC3CS(=O)(=O)CC3S2)c1. The van der Waals surface area contributed by atoms with Crippen LogP contribution in [0.25, 0.3) is 0 Å². The first kappa shape index (κ1) is 14.5. The van der Waals surface area contributed by atoms with Gasteiger partial charge in [-0.3, -0.25) is 4.99 Å². The van der Waals surface area contributed by atoms with Gasteiger partial charge in [-0.05, 0) is 12.1 Å². The quantitative estimate of drug-likeness (QED) is 0.903. The van der Waals surface area contributed by atoms with Crippen molar-refractivity contribution in [3.8, 4) is 11.5 Å². The van der Waals surface area contributed by atoms with Gasteiger partial charge in [-0.1, -0.05) is 11.8 Å². The number of fused-ring (bicyclic) bond motifs is 1. The van der Waals surface area contributed by atoms with Crippen LogP contribution in [0.4, 0.5) is 5.69 Å². The van der Waals surface area contributed by atoms with E-state index in [0.717, 1.165) is 10.9 Å². The fraction of sp³-hybridized carbons (Fsp3) is 0.462. The Labute approximate surface area is 127 Å².